The molecular weight excluding hydrogens is 414 g/mol. The first kappa shape index (κ1) is 20.1. The number of aromatic amines is 1. The second-order valence-electron chi connectivity index (χ2n) is 7.74. The summed E-state index contributed by atoms with van der Waals surface area (Å²) in [6, 6.07) is 7.92. The standard InChI is InChI=1S/C19H22ClN5O3S/c1-19(26)8-6-11(7-9-19)25-29(27,28)12-2-3-13(14(20)10-12)15-4-5-16-17(22-15)18(21)24-23-16/h2-5,10-11,25-26H,6-9H2,1H3,(H3,21,23,24)/t11-,19-. The number of sulfonamides is 1. The smallest absolute Gasteiger partial charge is 0.240 e. The number of rotatable bonds is 4. The number of hydrogen-bond donors (Lipinski definition) is 4. The normalized spacial score (nSPS) is 22.8. The average molecular weight is 436 g/mol. The van der Waals surface area contributed by atoms with Crippen molar-refractivity contribution in [3.8, 4) is 11.3 Å². The molecule has 10 heteroatoms. The Kier molecular flexibility index (Phi) is 5.02. The van der Waals surface area contributed by atoms with Crippen LogP contribution in [0.25, 0.3) is 22.3 Å². The molecule has 1 saturated carbocycles. The van der Waals surface area contributed by atoms with Gasteiger partial charge in [0.15, 0.2) is 5.82 Å². The van der Waals surface area contributed by atoms with Crippen molar-refractivity contribution in [1.29, 1.82) is 0 Å². The molecule has 5 N–H and O–H groups in total. The minimum absolute atomic E-state index is 0.0903. The van der Waals surface area contributed by atoms with E-state index in [-0.39, 0.29) is 21.8 Å². The lowest BCUT2D eigenvalue weighted by Crippen LogP contribution is -2.42. The van der Waals surface area contributed by atoms with Gasteiger partial charge in [0.05, 0.1) is 26.7 Å². The number of pyridine rings is 1. The highest BCUT2D eigenvalue weighted by Gasteiger charge is 2.31. The maximum absolute atomic E-state index is 12.8. The van der Waals surface area contributed by atoms with E-state index >= 15 is 0 Å². The van der Waals surface area contributed by atoms with Crippen LogP contribution in [0.15, 0.2) is 35.2 Å². The third kappa shape index (κ3) is 4.09. The molecule has 0 unspecified atom stereocenters. The molecule has 0 saturated heterocycles. The summed E-state index contributed by atoms with van der Waals surface area (Å²) in [6.07, 6.45) is 2.30. The van der Waals surface area contributed by atoms with Crippen LogP contribution < -0.4 is 10.5 Å². The van der Waals surface area contributed by atoms with E-state index in [1.807, 2.05) is 0 Å². The number of aromatic nitrogens is 3. The Balaban J connectivity index is 1.58. The number of benzene rings is 1. The van der Waals surface area contributed by atoms with Gasteiger partial charge in [0.2, 0.25) is 10.0 Å². The van der Waals surface area contributed by atoms with Gasteiger partial charge in [0, 0.05) is 11.6 Å². The van der Waals surface area contributed by atoms with Gasteiger partial charge in [-0.25, -0.2) is 18.1 Å². The van der Waals surface area contributed by atoms with E-state index in [2.05, 4.69) is 19.9 Å². The second-order valence-corrected chi connectivity index (χ2v) is 9.86. The van der Waals surface area contributed by atoms with Crippen LogP contribution in [0, 0.1) is 0 Å². The fraction of sp³-hybridized carbons (Fsp3) is 0.368. The van der Waals surface area contributed by atoms with Gasteiger partial charge in [0.25, 0.3) is 0 Å². The molecule has 3 aromatic rings. The third-order valence-electron chi connectivity index (χ3n) is 5.35. The Morgan fingerprint density at radius 3 is 2.69 bits per heavy atom. The number of nitrogens with one attached hydrogen (secondary N) is 2. The minimum Gasteiger partial charge on any atom is -0.390 e. The monoisotopic (exact) mass is 435 g/mol. The number of anilines is 1. The molecule has 0 spiro atoms. The summed E-state index contributed by atoms with van der Waals surface area (Å²) in [7, 11) is -3.72. The number of nitrogens with zero attached hydrogens (tertiary/aromatic N) is 2. The number of halogens is 1. The van der Waals surface area contributed by atoms with Crippen LogP contribution in [0.3, 0.4) is 0 Å². The molecule has 0 bridgehead atoms. The van der Waals surface area contributed by atoms with Crippen LogP contribution in [-0.2, 0) is 10.0 Å². The third-order valence-corrected chi connectivity index (χ3v) is 7.18. The highest BCUT2D eigenvalue weighted by molar-refractivity contribution is 7.89. The van der Waals surface area contributed by atoms with E-state index < -0.39 is 15.6 Å². The van der Waals surface area contributed by atoms with Gasteiger partial charge in [-0.1, -0.05) is 11.6 Å². The zero-order chi connectivity index (χ0) is 20.8. The van der Waals surface area contributed by atoms with Gasteiger partial charge in [-0.15, -0.1) is 0 Å². The Morgan fingerprint density at radius 2 is 2.00 bits per heavy atom. The van der Waals surface area contributed by atoms with Crippen molar-refractivity contribution in [2.45, 2.75) is 49.1 Å². The van der Waals surface area contributed by atoms with Gasteiger partial charge >= 0.3 is 0 Å². The molecule has 2 aromatic heterocycles. The maximum atomic E-state index is 12.8. The molecule has 1 aromatic carbocycles. The van der Waals surface area contributed by atoms with Crippen LogP contribution in [-0.4, -0.2) is 40.3 Å². The quantitative estimate of drug-likeness (QED) is 0.497. The Morgan fingerprint density at radius 1 is 1.28 bits per heavy atom. The van der Waals surface area contributed by atoms with Crippen molar-refractivity contribution >= 4 is 38.5 Å². The number of fused-ring (bicyclic) bond motifs is 1. The van der Waals surface area contributed by atoms with Gasteiger partial charge in [-0.05, 0) is 62.9 Å². The van der Waals surface area contributed by atoms with Gasteiger partial charge in [0.1, 0.15) is 5.52 Å². The predicted molar refractivity (Wildman–Crippen MR) is 112 cm³/mol. The molecule has 154 valence electrons. The van der Waals surface area contributed by atoms with Crippen LogP contribution >= 0.6 is 11.6 Å². The molecule has 29 heavy (non-hydrogen) atoms. The van der Waals surface area contributed by atoms with Crippen molar-refractivity contribution < 1.29 is 13.5 Å². The van der Waals surface area contributed by atoms with Crippen LogP contribution in [0.2, 0.25) is 5.02 Å². The second kappa shape index (κ2) is 7.24. The summed E-state index contributed by atoms with van der Waals surface area (Å²) in [4.78, 5) is 4.56. The van der Waals surface area contributed by atoms with E-state index in [4.69, 9.17) is 17.3 Å². The van der Waals surface area contributed by atoms with Crippen molar-refractivity contribution in [2.75, 3.05) is 5.73 Å². The molecule has 0 atom stereocenters. The highest BCUT2D eigenvalue weighted by atomic mass is 35.5. The van der Waals surface area contributed by atoms with Gasteiger partial charge < -0.3 is 10.8 Å². The number of nitrogens with two attached hydrogens (primary N) is 1. The molecule has 0 aliphatic heterocycles. The number of H-pyrrole nitrogens is 1. The molecular formula is C19H22ClN5O3S. The van der Waals surface area contributed by atoms with Crippen molar-refractivity contribution in [2.24, 2.45) is 0 Å². The molecule has 8 nitrogen and oxygen atoms in total. The van der Waals surface area contributed by atoms with Crippen LogP contribution in [0.5, 0.6) is 0 Å². The maximum Gasteiger partial charge on any atom is 0.240 e. The lowest BCUT2D eigenvalue weighted by Gasteiger charge is -2.33. The molecule has 4 rings (SSSR count). The zero-order valence-corrected chi connectivity index (χ0v) is 17.4. The average Bonchev–Trinajstić information content (AvgIpc) is 3.04. The van der Waals surface area contributed by atoms with E-state index in [0.717, 1.165) is 0 Å². The fourth-order valence-corrected chi connectivity index (χ4v) is 5.26. The van der Waals surface area contributed by atoms with Crippen molar-refractivity contribution in [3.63, 3.8) is 0 Å². The summed E-state index contributed by atoms with van der Waals surface area (Å²) in [6.45, 7) is 1.78. The first-order valence-corrected chi connectivity index (χ1v) is 11.2. The zero-order valence-electron chi connectivity index (χ0n) is 15.8. The van der Waals surface area contributed by atoms with E-state index in [1.54, 1.807) is 25.1 Å². The first-order chi connectivity index (χ1) is 13.6. The molecule has 2 heterocycles. The van der Waals surface area contributed by atoms with Crippen LogP contribution in [0.4, 0.5) is 5.82 Å². The summed E-state index contributed by atoms with van der Waals surface area (Å²) < 4.78 is 28.3. The Bertz CT molecular complexity index is 1170. The molecule has 1 fully saturated rings. The number of nitrogen functional groups attached to an aromatic ring is 1. The Labute approximate surface area is 173 Å². The topological polar surface area (TPSA) is 134 Å². The first-order valence-electron chi connectivity index (χ1n) is 9.30. The lowest BCUT2D eigenvalue weighted by molar-refractivity contribution is 0.0163. The number of hydrogen-bond acceptors (Lipinski definition) is 6. The molecule has 1 aliphatic carbocycles. The molecule has 0 radical (unpaired) electrons. The summed E-state index contributed by atoms with van der Waals surface area (Å²) in [5.41, 5.74) is 7.49. The van der Waals surface area contributed by atoms with Gasteiger partial charge in [-0.3, -0.25) is 5.10 Å². The lowest BCUT2D eigenvalue weighted by atomic mass is 9.84. The molecule has 0 amide bonds. The SMILES string of the molecule is C[C@]1(O)CC[C@H](NS(=O)(=O)c2ccc(-c3ccc4[nH]nc(N)c4n3)c(Cl)c2)CC1. The van der Waals surface area contributed by atoms with E-state index in [1.165, 1.54) is 12.1 Å². The highest BCUT2D eigenvalue weighted by Crippen LogP contribution is 2.32. The summed E-state index contributed by atoms with van der Waals surface area (Å²) in [5.74, 6) is 0.285. The van der Waals surface area contributed by atoms with E-state index in [0.29, 0.717) is 48.0 Å². The van der Waals surface area contributed by atoms with E-state index in [9.17, 15) is 13.5 Å². The largest absolute Gasteiger partial charge is 0.390 e. The van der Waals surface area contributed by atoms with Crippen LogP contribution in [0.1, 0.15) is 32.6 Å². The molecule has 1 aliphatic rings. The predicted octanol–water partition coefficient (Wildman–Crippen LogP) is 2.83. The summed E-state index contributed by atoms with van der Waals surface area (Å²) in [5, 5.41) is 17.0. The Hall–Kier alpha value is -2.20. The van der Waals surface area contributed by atoms with Gasteiger partial charge in [-0.2, -0.15) is 5.10 Å². The number of aliphatic hydroxyl groups is 1. The minimum atomic E-state index is -3.72. The van der Waals surface area contributed by atoms with Crippen molar-refractivity contribution in [3.05, 3.63) is 35.4 Å². The summed E-state index contributed by atoms with van der Waals surface area (Å²) >= 11 is 6.40. The fourth-order valence-electron chi connectivity index (χ4n) is 3.58. The van der Waals surface area contributed by atoms with Crippen molar-refractivity contribution in [1.82, 2.24) is 19.9 Å².